The Balaban J connectivity index is 2.21. The van der Waals surface area contributed by atoms with Crippen LogP contribution in [0.1, 0.15) is 41.7 Å². The Morgan fingerprint density at radius 2 is 2.00 bits per heavy atom. The predicted molar refractivity (Wildman–Crippen MR) is 88.5 cm³/mol. The molecule has 6 heteroatoms. The van der Waals surface area contributed by atoms with Gasteiger partial charge in [0.05, 0.1) is 5.69 Å². The molecule has 1 aromatic carbocycles. The second kappa shape index (κ2) is 6.23. The molecule has 0 N–H and O–H groups in total. The van der Waals surface area contributed by atoms with E-state index in [1.54, 1.807) is 11.9 Å². The van der Waals surface area contributed by atoms with Crippen molar-refractivity contribution >= 4 is 33.4 Å². The Morgan fingerprint density at radius 3 is 2.62 bits per heavy atom. The van der Waals surface area contributed by atoms with E-state index >= 15 is 0 Å². The molecule has 0 saturated carbocycles. The van der Waals surface area contributed by atoms with Crippen molar-refractivity contribution in [3.8, 4) is 0 Å². The lowest BCUT2D eigenvalue weighted by atomic mass is 9.91. The molecule has 0 atom stereocenters. The first-order valence-electron chi connectivity index (χ1n) is 6.62. The minimum atomic E-state index is -0.188. The second-order valence-electron chi connectivity index (χ2n) is 5.95. The van der Waals surface area contributed by atoms with E-state index in [9.17, 15) is 4.79 Å². The lowest BCUT2D eigenvalue weighted by Gasteiger charge is -2.20. The summed E-state index contributed by atoms with van der Waals surface area (Å²) in [5, 5.41) is 4.13. The Bertz CT molecular complexity index is 648. The highest BCUT2D eigenvalue weighted by Crippen LogP contribution is 2.27. The Morgan fingerprint density at radius 1 is 1.33 bits per heavy atom. The monoisotopic (exact) mass is 367 g/mol. The van der Waals surface area contributed by atoms with Gasteiger partial charge < -0.3 is 4.90 Å². The van der Waals surface area contributed by atoms with Crippen molar-refractivity contribution in [1.29, 1.82) is 0 Å². The van der Waals surface area contributed by atoms with Crippen molar-refractivity contribution in [1.82, 2.24) is 14.5 Å². The van der Waals surface area contributed by atoms with Crippen LogP contribution in [-0.4, -0.2) is 27.4 Å². The third-order valence-electron chi connectivity index (χ3n) is 3.10. The van der Waals surface area contributed by atoms with Gasteiger partial charge in [0.2, 0.25) is 0 Å². The highest BCUT2D eigenvalue weighted by Gasteiger charge is 2.28. The summed E-state index contributed by atoms with van der Waals surface area (Å²) in [6.07, 6.45) is 0. The summed E-state index contributed by atoms with van der Waals surface area (Å²) in [5.74, 6) is -0.0364. The average Bonchev–Trinajstić information content (AvgIpc) is 2.89. The number of hydrogen-bond acceptors (Lipinski definition) is 4. The number of halogens is 1. The standard InChI is InChI=1S/C15H18BrN3OS/c1-15(2,3)13-12(21-18-17-13)14(20)19(4)9-10-7-5-6-8-11(10)16/h5-8H,9H2,1-4H3. The molecule has 1 heterocycles. The quantitative estimate of drug-likeness (QED) is 0.826. The fourth-order valence-corrected chi connectivity index (χ4v) is 3.23. The first-order valence-corrected chi connectivity index (χ1v) is 8.19. The Kier molecular flexibility index (Phi) is 4.78. The molecule has 0 aliphatic carbocycles. The van der Waals surface area contributed by atoms with Gasteiger partial charge in [-0.3, -0.25) is 4.79 Å². The average molecular weight is 368 g/mol. The molecule has 0 bridgehead atoms. The summed E-state index contributed by atoms with van der Waals surface area (Å²) in [6.45, 7) is 6.65. The van der Waals surface area contributed by atoms with E-state index in [2.05, 4.69) is 25.5 Å². The third kappa shape index (κ3) is 3.68. The lowest BCUT2D eigenvalue weighted by molar-refractivity contribution is 0.0787. The van der Waals surface area contributed by atoms with Crippen LogP contribution in [0.3, 0.4) is 0 Å². The number of aromatic nitrogens is 2. The number of carbonyl (C=O) groups is 1. The fourth-order valence-electron chi connectivity index (χ4n) is 1.95. The zero-order valence-electron chi connectivity index (χ0n) is 12.6. The van der Waals surface area contributed by atoms with Gasteiger partial charge in [-0.1, -0.05) is 59.4 Å². The topological polar surface area (TPSA) is 46.1 Å². The van der Waals surface area contributed by atoms with Crippen molar-refractivity contribution in [2.75, 3.05) is 7.05 Å². The van der Waals surface area contributed by atoms with Crippen molar-refractivity contribution in [3.05, 3.63) is 44.9 Å². The molecule has 1 aromatic heterocycles. The molecule has 0 spiro atoms. The third-order valence-corrected chi connectivity index (χ3v) is 4.59. The minimum absolute atomic E-state index is 0.0364. The van der Waals surface area contributed by atoms with Crippen LogP contribution in [0.5, 0.6) is 0 Å². The highest BCUT2D eigenvalue weighted by atomic mass is 79.9. The van der Waals surface area contributed by atoms with E-state index in [0.717, 1.165) is 27.3 Å². The van der Waals surface area contributed by atoms with Gasteiger partial charge in [0.15, 0.2) is 0 Å². The maximum Gasteiger partial charge on any atom is 0.267 e. The van der Waals surface area contributed by atoms with Crippen molar-refractivity contribution in [2.24, 2.45) is 0 Å². The molecule has 0 fully saturated rings. The summed E-state index contributed by atoms with van der Waals surface area (Å²) < 4.78 is 4.95. The first-order chi connectivity index (χ1) is 9.80. The number of carbonyl (C=O) groups excluding carboxylic acids is 1. The van der Waals surface area contributed by atoms with Gasteiger partial charge in [0.25, 0.3) is 5.91 Å². The Hall–Kier alpha value is -1.27. The van der Waals surface area contributed by atoms with Gasteiger partial charge in [0, 0.05) is 23.5 Å². The largest absolute Gasteiger partial charge is 0.337 e. The smallest absolute Gasteiger partial charge is 0.267 e. The second-order valence-corrected chi connectivity index (χ2v) is 7.56. The van der Waals surface area contributed by atoms with E-state index in [0.29, 0.717) is 11.4 Å². The highest BCUT2D eigenvalue weighted by molar-refractivity contribution is 9.10. The van der Waals surface area contributed by atoms with Gasteiger partial charge in [-0.2, -0.15) is 0 Å². The molecule has 0 saturated heterocycles. The van der Waals surface area contributed by atoms with Crippen molar-refractivity contribution in [3.63, 3.8) is 0 Å². The zero-order chi connectivity index (χ0) is 15.6. The molecule has 0 unspecified atom stereocenters. The van der Waals surface area contributed by atoms with Gasteiger partial charge >= 0.3 is 0 Å². The van der Waals surface area contributed by atoms with E-state index in [4.69, 9.17) is 0 Å². The van der Waals surface area contributed by atoms with Crippen LogP contribution in [0.25, 0.3) is 0 Å². The maximum absolute atomic E-state index is 12.6. The molecule has 4 nitrogen and oxygen atoms in total. The summed E-state index contributed by atoms with van der Waals surface area (Å²) in [6, 6.07) is 7.90. The van der Waals surface area contributed by atoms with Crippen molar-refractivity contribution in [2.45, 2.75) is 32.7 Å². The maximum atomic E-state index is 12.6. The SMILES string of the molecule is CN(Cc1ccccc1Br)C(=O)c1snnc1C(C)(C)C. The number of nitrogens with zero attached hydrogens (tertiary/aromatic N) is 3. The van der Waals surface area contributed by atoms with Crippen molar-refractivity contribution < 1.29 is 4.79 Å². The minimum Gasteiger partial charge on any atom is -0.337 e. The van der Waals surface area contributed by atoms with E-state index in [1.807, 2.05) is 45.0 Å². The predicted octanol–water partition coefficient (Wildman–Crippen LogP) is 3.87. The first kappa shape index (κ1) is 16.1. The van der Waals surface area contributed by atoms with Crippen LogP contribution in [0.4, 0.5) is 0 Å². The number of hydrogen-bond donors (Lipinski definition) is 0. The van der Waals surface area contributed by atoms with E-state index < -0.39 is 0 Å². The van der Waals surface area contributed by atoms with Gasteiger partial charge in [0.1, 0.15) is 4.88 Å². The van der Waals surface area contributed by atoms with Crippen LogP contribution in [0.15, 0.2) is 28.7 Å². The van der Waals surface area contributed by atoms with Crippen LogP contribution in [0, 0.1) is 0 Å². The number of rotatable bonds is 3. The molecule has 0 radical (unpaired) electrons. The molecular formula is C15H18BrN3OS. The molecule has 1 amide bonds. The summed E-state index contributed by atoms with van der Waals surface area (Å²) in [5.41, 5.74) is 1.64. The van der Waals surface area contributed by atoms with Gasteiger partial charge in [-0.05, 0) is 23.2 Å². The number of amides is 1. The molecule has 0 aliphatic rings. The molecular weight excluding hydrogens is 350 g/mol. The summed E-state index contributed by atoms with van der Waals surface area (Å²) >= 11 is 4.67. The lowest BCUT2D eigenvalue weighted by Crippen LogP contribution is -2.28. The normalized spacial score (nSPS) is 11.5. The molecule has 0 aliphatic heterocycles. The molecule has 2 rings (SSSR count). The summed E-state index contributed by atoms with van der Waals surface area (Å²) in [4.78, 5) is 15.0. The van der Waals surface area contributed by atoms with E-state index in [-0.39, 0.29) is 11.3 Å². The van der Waals surface area contributed by atoms with Gasteiger partial charge in [-0.25, -0.2) is 0 Å². The molecule has 112 valence electrons. The molecule has 2 aromatic rings. The van der Waals surface area contributed by atoms with Crippen LogP contribution >= 0.6 is 27.5 Å². The van der Waals surface area contributed by atoms with Crippen LogP contribution in [-0.2, 0) is 12.0 Å². The van der Waals surface area contributed by atoms with Crippen LogP contribution in [0.2, 0.25) is 0 Å². The van der Waals surface area contributed by atoms with Gasteiger partial charge in [-0.15, -0.1) is 5.10 Å². The Labute approximate surface area is 137 Å². The fraction of sp³-hybridized carbons (Fsp3) is 0.400. The van der Waals surface area contributed by atoms with Crippen LogP contribution < -0.4 is 0 Å². The van der Waals surface area contributed by atoms with E-state index in [1.165, 1.54) is 0 Å². The zero-order valence-corrected chi connectivity index (χ0v) is 15.0. The summed E-state index contributed by atoms with van der Waals surface area (Å²) in [7, 11) is 1.80. The molecule has 21 heavy (non-hydrogen) atoms. The number of benzene rings is 1.